The van der Waals surface area contributed by atoms with Crippen molar-refractivity contribution < 1.29 is 9.59 Å². The summed E-state index contributed by atoms with van der Waals surface area (Å²) in [5.74, 6) is 0.0225. The van der Waals surface area contributed by atoms with Crippen molar-refractivity contribution in [1.82, 2.24) is 10.2 Å². The van der Waals surface area contributed by atoms with Gasteiger partial charge in [-0.1, -0.05) is 0 Å². The van der Waals surface area contributed by atoms with Crippen LogP contribution in [0.4, 0.5) is 0 Å². The molecule has 2 amide bonds. The van der Waals surface area contributed by atoms with Crippen LogP contribution in [0.15, 0.2) is 11.4 Å². The molecule has 1 unspecified atom stereocenters. The molecule has 1 aromatic rings. The summed E-state index contributed by atoms with van der Waals surface area (Å²) < 4.78 is 0. The van der Waals surface area contributed by atoms with E-state index in [-0.39, 0.29) is 17.9 Å². The predicted octanol–water partition coefficient (Wildman–Crippen LogP) is 1.37. The van der Waals surface area contributed by atoms with E-state index < -0.39 is 0 Å². The molecule has 3 rings (SSSR count). The summed E-state index contributed by atoms with van der Waals surface area (Å²) in [6.07, 6.45) is 2.79. The maximum absolute atomic E-state index is 12.2. The monoisotopic (exact) mass is 250 g/mol. The highest BCUT2D eigenvalue weighted by Gasteiger charge is 2.37. The average molecular weight is 250 g/mol. The number of hydrogen-bond donors (Lipinski definition) is 1. The van der Waals surface area contributed by atoms with Crippen LogP contribution in [0.2, 0.25) is 0 Å². The summed E-state index contributed by atoms with van der Waals surface area (Å²) >= 11 is 1.60. The number of carbonyl (C=O) groups excluding carboxylic acids is 2. The fourth-order valence-corrected chi connectivity index (χ4v) is 3.37. The molecule has 5 heteroatoms. The van der Waals surface area contributed by atoms with Gasteiger partial charge in [0.2, 0.25) is 5.91 Å². The van der Waals surface area contributed by atoms with E-state index in [1.165, 1.54) is 0 Å². The summed E-state index contributed by atoms with van der Waals surface area (Å²) in [4.78, 5) is 26.9. The van der Waals surface area contributed by atoms with Crippen molar-refractivity contribution >= 4 is 23.2 Å². The van der Waals surface area contributed by atoms with Crippen LogP contribution >= 0.6 is 11.3 Å². The van der Waals surface area contributed by atoms with E-state index in [9.17, 15) is 9.59 Å². The molecule has 0 radical (unpaired) electrons. The Labute approximate surface area is 104 Å². The Kier molecular flexibility index (Phi) is 2.63. The minimum atomic E-state index is -0.274. The number of carbonyl (C=O) groups is 2. The van der Waals surface area contributed by atoms with E-state index >= 15 is 0 Å². The van der Waals surface area contributed by atoms with Crippen molar-refractivity contribution in [3.8, 4) is 0 Å². The fraction of sp³-hybridized carbons (Fsp3) is 0.500. The molecule has 4 nitrogen and oxygen atoms in total. The Morgan fingerprint density at radius 1 is 1.35 bits per heavy atom. The van der Waals surface area contributed by atoms with Gasteiger partial charge in [0, 0.05) is 11.4 Å². The molecular weight excluding hydrogens is 236 g/mol. The van der Waals surface area contributed by atoms with Crippen LogP contribution in [0, 0.1) is 0 Å². The van der Waals surface area contributed by atoms with Gasteiger partial charge < -0.3 is 10.2 Å². The molecule has 1 fully saturated rings. The van der Waals surface area contributed by atoms with Crippen molar-refractivity contribution in [3.63, 3.8) is 0 Å². The normalized spacial score (nSPS) is 24.5. The maximum Gasteiger partial charge on any atom is 0.256 e. The molecule has 1 aromatic heterocycles. The summed E-state index contributed by atoms with van der Waals surface area (Å²) in [6.45, 7) is 1.34. The van der Waals surface area contributed by atoms with Gasteiger partial charge in [-0.15, -0.1) is 11.3 Å². The number of nitrogens with zero attached hydrogens (tertiary/aromatic N) is 1. The third-order valence-corrected chi connectivity index (χ3v) is 4.34. The van der Waals surface area contributed by atoms with Gasteiger partial charge in [-0.25, -0.2) is 0 Å². The summed E-state index contributed by atoms with van der Waals surface area (Å²) in [5.41, 5.74) is 0.784. The van der Waals surface area contributed by atoms with Crippen LogP contribution in [-0.2, 0) is 11.3 Å². The topological polar surface area (TPSA) is 49.4 Å². The summed E-state index contributed by atoms with van der Waals surface area (Å²) in [7, 11) is 0. The third-order valence-electron chi connectivity index (χ3n) is 3.43. The van der Waals surface area contributed by atoms with Gasteiger partial charge in [0.05, 0.1) is 12.1 Å². The summed E-state index contributed by atoms with van der Waals surface area (Å²) in [6, 6.07) is 1.58. The summed E-state index contributed by atoms with van der Waals surface area (Å²) in [5, 5.41) is 4.82. The minimum absolute atomic E-state index is 0.00556. The number of amides is 2. The van der Waals surface area contributed by atoms with Crippen LogP contribution < -0.4 is 5.32 Å². The second kappa shape index (κ2) is 4.14. The first kappa shape index (κ1) is 10.8. The molecule has 2 aliphatic rings. The highest BCUT2D eigenvalue weighted by Crippen LogP contribution is 2.30. The van der Waals surface area contributed by atoms with Gasteiger partial charge in [0.1, 0.15) is 6.04 Å². The van der Waals surface area contributed by atoms with Gasteiger partial charge in [-0.3, -0.25) is 9.59 Å². The van der Waals surface area contributed by atoms with E-state index in [2.05, 4.69) is 5.32 Å². The molecule has 1 saturated heterocycles. The SMILES string of the molecule is O=C1NCCCCC1N1Cc2sccc2C1=O. The molecule has 0 aliphatic carbocycles. The molecule has 2 aliphatic heterocycles. The molecule has 0 bridgehead atoms. The Bertz CT molecular complexity index is 469. The fourth-order valence-electron chi connectivity index (χ4n) is 2.51. The van der Waals surface area contributed by atoms with E-state index in [0.29, 0.717) is 6.54 Å². The van der Waals surface area contributed by atoms with E-state index in [4.69, 9.17) is 0 Å². The smallest absolute Gasteiger partial charge is 0.256 e. The Hall–Kier alpha value is -1.36. The first-order chi connectivity index (χ1) is 8.27. The Balaban J connectivity index is 1.84. The molecular formula is C12H14N2O2S. The Morgan fingerprint density at radius 3 is 3.06 bits per heavy atom. The minimum Gasteiger partial charge on any atom is -0.354 e. The number of nitrogens with one attached hydrogen (secondary N) is 1. The van der Waals surface area contributed by atoms with Crippen LogP contribution in [-0.4, -0.2) is 29.3 Å². The quantitative estimate of drug-likeness (QED) is 0.818. The zero-order valence-corrected chi connectivity index (χ0v) is 10.3. The number of rotatable bonds is 1. The van der Waals surface area contributed by atoms with Crippen molar-refractivity contribution in [3.05, 3.63) is 21.9 Å². The highest BCUT2D eigenvalue weighted by atomic mass is 32.1. The largest absolute Gasteiger partial charge is 0.354 e. The molecule has 0 spiro atoms. The zero-order valence-electron chi connectivity index (χ0n) is 9.44. The first-order valence-corrected chi connectivity index (χ1v) is 6.80. The predicted molar refractivity (Wildman–Crippen MR) is 64.8 cm³/mol. The molecule has 1 atom stereocenters. The van der Waals surface area contributed by atoms with Gasteiger partial charge in [0.25, 0.3) is 5.91 Å². The zero-order chi connectivity index (χ0) is 11.8. The van der Waals surface area contributed by atoms with E-state index in [1.807, 2.05) is 11.4 Å². The maximum atomic E-state index is 12.2. The van der Waals surface area contributed by atoms with Gasteiger partial charge in [-0.2, -0.15) is 0 Å². The van der Waals surface area contributed by atoms with Crippen LogP contribution in [0.1, 0.15) is 34.5 Å². The van der Waals surface area contributed by atoms with E-state index in [0.717, 1.165) is 36.2 Å². The van der Waals surface area contributed by atoms with Crippen LogP contribution in [0.25, 0.3) is 0 Å². The number of fused-ring (bicyclic) bond motifs is 1. The molecule has 3 heterocycles. The van der Waals surface area contributed by atoms with Gasteiger partial charge >= 0.3 is 0 Å². The van der Waals surface area contributed by atoms with Crippen molar-refractivity contribution in [2.24, 2.45) is 0 Å². The lowest BCUT2D eigenvalue weighted by Crippen LogP contribution is -2.45. The molecule has 0 saturated carbocycles. The average Bonchev–Trinajstić information content (AvgIpc) is 2.81. The van der Waals surface area contributed by atoms with Crippen molar-refractivity contribution in [2.45, 2.75) is 31.8 Å². The number of hydrogen-bond acceptors (Lipinski definition) is 3. The van der Waals surface area contributed by atoms with Crippen molar-refractivity contribution in [2.75, 3.05) is 6.54 Å². The second-order valence-corrected chi connectivity index (χ2v) is 5.49. The Morgan fingerprint density at radius 2 is 2.24 bits per heavy atom. The lowest BCUT2D eigenvalue weighted by atomic mass is 10.1. The second-order valence-electron chi connectivity index (χ2n) is 4.49. The standard InChI is InChI=1S/C12H14N2O2S/c15-11-9(3-1-2-5-13-11)14-7-10-8(12(14)16)4-6-17-10/h4,6,9H,1-3,5,7H2,(H,13,15). The molecule has 17 heavy (non-hydrogen) atoms. The number of thiophene rings is 1. The van der Waals surface area contributed by atoms with Crippen LogP contribution in [0.3, 0.4) is 0 Å². The third kappa shape index (κ3) is 1.74. The van der Waals surface area contributed by atoms with E-state index in [1.54, 1.807) is 16.2 Å². The van der Waals surface area contributed by atoms with Gasteiger partial charge in [0.15, 0.2) is 0 Å². The lowest BCUT2D eigenvalue weighted by Gasteiger charge is -2.25. The lowest BCUT2D eigenvalue weighted by molar-refractivity contribution is -0.125. The van der Waals surface area contributed by atoms with Crippen molar-refractivity contribution in [1.29, 1.82) is 0 Å². The highest BCUT2D eigenvalue weighted by molar-refractivity contribution is 7.10. The first-order valence-electron chi connectivity index (χ1n) is 5.92. The molecule has 1 N–H and O–H groups in total. The molecule has 90 valence electrons. The van der Waals surface area contributed by atoms with Gasteiger partial charge in [-0.05, 0) is 30.7 Å². The molecule has 0 aromatic carbocycles. The van der Waals surface area contributed by atoms with Crippen LogP contribution in [0.5, 0.6) is 0 Å².